The molecule has 3 heterocycles. The lowest BCUT2D eigenvalue weighted by molar-refractivity contribution is -0.122. The minimum Gasteiger partial charge on any atom is -0.457 e. The van der Waals surface area contributed by atoms with E-state index in [1.54, 1.807) is 17.2 Å². The van der Waals surface area contributed by atoms with Crippen LogP contribution in [0.1, 0.15) is 12.7 Å². The SMILES string of the molecule is CCN1C(=O)/C(=C\c2ccc(-c3ccc(Br)cc3)o2)S/C1=N/c1nccs1. The largest absolute Gasteiger partial charge is 0.457 e. The normalized spacial score (nSPS) is 17.4. The van der Waals surface area contributed by atoms with E-state index in [2.05, 4.69) is 25.9 Å². The molecule has 0 unspecified atom stereocenters. The average Bonchev–Trinajstić information content (AvgIpc) is 3.39. The van der Waals surface area contributed by atoms with Gasteiger partial charge in [0.25, 0.3) is 5.91 Å². The van der Waals surface area contributed by atoms with Gasteiger partial charge >= 0.3 is 0 Å². The molecule has 8 heteroatoms. The van der Waals surface area contributed by atoms with Crippen molar-refractivity contribution in [1.82, 2.24) is 9.88 Å². The van der Waals surface area contributed by atoms with Crippen molar-refractivity contribution in [2.75, 3.05) is 6.54 Å². The molecule has 136 valence electrons. The van der Waals surface area contributed by atoms with Crippen molar-refractivity contribution >= 4 is 61.3 Å². The van der Waals surface area contributed by atoms with Gasteiger partial charge in [-0.25, -0.2) is 4.98 Å². The van der Waals surface area contributed by atoms with Crippen molar-refractivity contribution in [2.45, 2.75) is 6.92 Å². The van der Waals surface area contributed by atoms with Gasteiger partial charge in [-0.05, 0) is 43.0 Å². The Morgan fingerprint density at radius 2 is 2.07 bits per heavy atom. The highest BCUT2D eigenvalue weighted by Crippen LogP contribution is 2.35. The van der Waals surface area contributed by atoms with Gasteiger partial charge < -0.3 is 4.42 Å². The molecule has 0 N–H and O–H groups in total. The van der Waals surface area contributed by atoms with Crippen molar-refractivity contribution in [3.8, 4) is 11.3 Å². The smallest absolute Gasteiger partial charge is 0.266 e. The number of hydrogen-bond donors (Lipinski definition) is 0. The molecule has 0 atom stereocenters. The van der Waals surface area contributed by atoms with Crippen molar-refractivity contribution < 1.29 is 9.21 Å². The van der Waals surface area contributed by atoms with E-state index in [-0.39, 0.29) is 5.91 Å². The third-order valence-corrected chi connectivity index (χ3v) is 6.04. The predicted molar refractivity (Wildman–Crippen MR) is 114 cm³/mol. The summed E-state index contributed by atoms with van der Waals surface area (Å²) >= 11 is 6.21. The number of aliphatic imine (C=N–C) groups is 1. The van der Waals surface area contributed by atoms with Crippen LogP contribution in [-0.2, 0) is 4.79 Å². The van der Waals surface area contributed by atoms with Gasteiger partial charge in [-0.1, -0.05) is 28.1 Å². The van der Waals surface area contributed by atoms with Crippen LogP contribution in [0.2, 0.25) is 0 Å². The molecule has 1 aromatic carbocycles. The molecule has 1 aliphatic heterocycles. The Morgan fingerprint density at radius 1 is 1.26 bits per heavy atom. The van der Waals surface area contributed by atoms with Gasteiger partial charge in [-0.3, -0.25) is 9.69 Å². The van der Waals surface area contributed by atoms with Crippen molar-refractivity contribution in [2.24, 2.45) is 4.99 Å². The van der Waals surface area contributed by atoms with E-state index in [1.165, 1.54) is 23.1 Å². The van der Waals surface area contributed by atoms with Crippen molar-refractivity contribution in [3.63, 3.8) is 0 Å². The molecule has 0 radical (unpaired) electrons. The summed E-state index contributed by atoms with van der Waals surface area (Å²) in [5.41, 5.74) is 0.981. The van der Waals surface area contributed by atoms with E-state index in [0.29, 0.717) is 27.5 Å². The van der Waals surface area contributed by atoms with Crippen LogP contribution >= 0.6 is 39.0 Å². The number of furan rings is 1. The van der Waals surface area contributed by atoms with Gasteiger partial charge in [0.1, 0.15) is 11.5 Å². The van der Waals surface area contributed by atoms with E-state index in [4.69, 9.17) is 4.42 Å². The van der Waals surface area contributed by atoms with E-state index in [1.807, 2.05) is 48.7 Å². The average molecular weight is 460 g/mol. The van der Waals surface area contributed by atoms with E-state index < -0.39 is 0 Å². The van der Waals surface area contributed by atoms with Crippen molar-refractivity contribution in [3.05, 3.63) is 63.1 Å². The first-order valence-electron chi connectivity index (χ1n) is 8.19. The topological polar surface area (TPSA) is 58.7 Å². The lowest BCUT2D eigenvalue weighted by Crippen LogP contribution is -2.28. The quantitative estimate of drug-likeness (QED) is 0.463. The summed E-state index contributed by atoms with van der Waals surface area (Å²) in [4.78, 5) is 23.6. The molecule has 1 fully saturated rings. The lowest BCUT2D eigenvalue weighted by Gasteiger charge is -2.11. The molecular formula is C19H14BrN3O2S2. The predicted octanol–water partition coefficient (Wildman–Crippen LogP) is 5.79. The molecule has 0 spiro atoms. The number of benzene rings is 1. The van der Waals surface area contributed by atoms with Gasteiger partial charge in [0.2, 0.25) is 5.13 Å². The second kappa shape index (κ2) is 7.84. The van der Waals surface area contributed by atoms with E-state index in [9.17, 15) is 4.79 Å². The van der Waals surface area contributed by atoms with Crippen LogP contribution in [0.25, 0.3) is 17.4 Å². The van der Waals surface area contributed by atoms with Gasteiger partial charge in [0, 0.05) is 34.2 Å². The lowest BCUT2D eigenvalue weighted by atomic mass is 10.2. The molecular weight excluding hydrogens is 446 g/mol. The highest BCUT2D eigenvalue weighted by Gasteiger charge is 2.32. The maximum absolute atomic E-state index is 12.7. The summed E-state index contributed by atoms with van der Waals surface area (Å²) in [6.45, 7) is 2.48. The fourth-order valence-corrected chi connectivity index (χ4v) is 4.40. The maximum Gasteiger partial charge on any atom is 0.266 e. The summed E-state index contributed by atoms with van der Waals surface area (Å²) in [5, 5.41) is 3.14. The number of carbonyl (C=O) groups excluding carboxylic acids is 1. The molecule has 2 aromatic heterocycles. The summed E-state index contributed by atoms with van der Waals surface area (Å²) in [7, 11) is 0. The number of aromatic nitrogens is 1. The second-order valence-electron chi connectivity index (χ2n) is 5.58. The molecule has 1 aliphatic rings. The number of hydrogen-bond acceptors (Lipinski definition) is 6. The Balaban J connectivity index is 1.60. The fraction of sp³-hybridized carbons (Fsp3) is 0.105. The van der Waals surface area contributed by atoms with Crippen LogP contribution in [0.15, 0.2) is 66.8 Å². The molecule has 1 amide bonds. The summed E-state index contributed by atoms with van der Waals surface area (Å²) in [6.07, 6.45) is 3.47. The third-order valence-electron chi connectivity index (χ3n) is 3.84. The minimum absolute atomic E-state index is 0.0700. The summed E-state index contributed by atoms with van der Waals surface area (Å²) < 4.78 is 6.92. The number of thioether (sulfide) groups is 1. The number of halogens is 1. The van der Waals surface area contributed by atoms with Gasteiger partial charge in [0.15, 0.2) is 5.17 Å². The number of amides is 1. The molecule has 1 saturated heterocycles. The molecule has 0 aliphatic carbocycles. The Kier molecular flexibility index (Phi) is 5.29. The third kappa shape index (κ3) is 3.92. The molecule has 3 aromatic rings. The molecule has 0 saturated carbocycles. The van der Waals surface area contributed by atoms with E-state index in [0.717, 1.165) is 15.8 Å². The first-order chi connectivity index (χ1) is 13.1. The van der Waals surface area contributed by atoms with Gasteiger partial charge in [0.05, 0.1) is 4.91 Å². The van der Waals surface area contributed by atoms with Gasteiger partial charge in [-0.15, -0.1) is 11.3 Å². The number of likely N-dealkylation sites (N-methyl/N-ethyl adjacent to an activating group) is 1. The number of rotatable bonds is 4. The highest BCUT2D eigenvalue weighted by atomic mass is 79.9. The zero-order valence-electron chi connectivity index (χ0n) is 14.3. The minimum atomic E-state index is -0.0700. The number of nitrogens with zero attached hydrogens (tertiary/aromatic N) is 3. The zero-order chi connectivity index (χ0) is 18.8. The summed E-state index contributed by atoms with van der Waals surface area (Å²) in [5.74, 6) is 1.32. The Labute approximate surface area is 173 Å². The first kappa shape index (κ1) is 18.2. The monoisotopic (exact) mass is 459 g/mol. The Hall–Kier alpha value is -2.16. The Bertz CT molecular complexity index is 1020. The zero-order valence-corrected chi connectivity index (χ0v) is 17.5. The van der Waals surface area contributed by atoms with Crippen LogP contribution in [0.4, 0.5) is 5.13 Å². The molecule has 5 nitrogen and oxygen atoms in total. The standard InChI is InChI=1S/C19H14BrN3O2S2/c1-2-23-17(24)16(27-19(23)22-18-21-9-10-26-18)11-14-7-8-15(25-14)12-3-5-13(20)6-4-12/h3-11H,2H2,1H3/b16-11+,22-19+. The van der Waals surface area contributed by atoms with Crippen LogP contribution < -0.4 is 0 Å². The van der Waals surface area contributed by atoms with Crippen LogP contribution in [0.5, 0.6) is 0 Å². The molecule has 27 heavy (non-hydrogen) atoms. The number of amidine groups is 1. The number of thiazole rings is 1. The van der Waals surface area contributed by atoms with Crippen LogP contribution in [0.3, 0.4) is 0 Å². The number of carbonyl (C=O) groups is 1. The van der Waals surface area contributed by atoms with Crippen molar-refractivity contribution in [1.29, 1.82) is 0 Å². The molecule has 4 rings (SSSR count). The van der Waals surface area contributed by atoms with Crippen LogP contribution in [-0.4, -0.2) is 27.5 Å². The van der Waals surface area contributed by atoms with E-state index >= 15 is 0 Å². The second-order valence-corrected chi connectivity index (χ2v) is 8.38. The Morgan fingerprint density at radius 3 is 2.78 bits per heavy atom. The first-order valence-corrected chi connectivity index (χ1v) is 10.7. The molecule has 0 bridgehead atoms. The van der Waals surface area contributed by atoms with Gasteiger partial charge in [-0.2, -0.15) is 4.99 Å². The fourth-order valence-electron chi connectivity index (χ4n) is 2.55. The highest BCUT2D eigenvalue weighted by molar-refractivity contribution is 9.10. The maximum atomic E-state index is 12.7. The van der Waals surface area contributed by atoms with Crippen LogP contribution in [0, 0.1) is 0 Å². The summed E-state index contributed by atoms with van der Waals surface area (Å²) in [6, 6.07) is 11.7.